The fraction of sp³-hybridized carbons (Fsp3) is 0.714. The lowest BCUT2D eigenvalue weighted by molar-refractivity contribution is 0.0377. The Bertz CT molecular complexity index is 638. The van der Waals surface area contributed by atoms with Crippen LogP contribution < -0.4 is 10.6 Å². The third kappa shape index (κ3) is 7.53. The van der Waals surface area contributed by atoms with E-state index in [0.29, 0.717) is 19.1 Å². The maximum Gasteiger partial charge on any atom is 0.409 e. The van der Waals surface area contributed by atoms with Crippen molar-refractivity contribution in [3.8, 4) is 0 Å². The Labute approximate surface area is 178 Å². The van der Waals surface area contributed by atoms with Gasteiger partial charge in [-0.05, 0) is 31.4 Å². The number of methoxy groups -OCH3 is 1. The van der Waals surface area contributed by atoms with Crippen LogP contribution in [0.5, 0.6) is 0 Å². The van der Waals surface area contributed by atoms with Gasteiger partial charge in [-0.1, -0.05) is 0 Å². The number of hydrogen-bond donors (Lipinski definition) is 2. The zero-order chi connectivity index (χ0) is 21.0. The Balaban J connectivity index is 1.44. The summed E-state index contributed by atoms with van der Waals surface area (Å²) < 4.78 is 15.6. The van der Waals surface area contributed by atoms with Crippen LogP contribution in [0.3, 0.4) is 0 Å². The third-order valence-corrected chi connectivity index (χ3v) is 5.52. The Hall–Kier alpha value is -2.26. The van der Waals surface area contributed by atoms with Gasteiger partial charge in [0.25, 0.3) is 0 Å². The highest BCUT2D eigenvalue weighted by atomic mass is 16.5. The van der Waals surface area contributed by atoms with Crippen molar-refractivity contribution in [1.29, 1.82) is 0 Å². The fourth-order valence-corrected chi connectivity index (χ4v) is 3.75. The van der Waals surface area contributed by atoms with Gasteiger partial charge in [-0.3, -0.25) is 9.89 Å². The largest absolute Gasteiger partial charge is 0.469 e. The van der Waals surface area contributed by atoms with E-state index in [1.54, 1.807) is 11.2 Å². The summed E-state index contributed by atoms with van der Waals surface area (Å²) in [7, 11) is 1.43. The van der Waals surface area contributed by atoms with E-state index in [2.05, 4.69) is 15.5 Å². The van der Waals surface area contributed by atoms with Gasteiger partial charge < -0.3 is 29.4 Å². The molecule has 9 nitrogen and oxygen atoms in total. The molecule has 2 N–H and O–H groups in total. The second kappa shape index (κ2) is 12.4. The van der Waals surface area contributed by atoms with E-state index in [0.717, 1.165) is 83.3 Å². The van der Waals surface area contributed by atoms with Gasteiger partial charge in [0, 0.05) is 58.3 Å². The molecule has 0 unspecified atom stereocenters. The van der Waals surface area contributed by atoms with Crippen molar-refractivity contribution >= 4 is 12.1 Å². The zero-order valence-corrected chi connectivity index (χ0v) is 18.0. The molecule has 3 rings (SSSR count). The maximum absolute atomic E-state index is 11.7. The number of morpholine rings is 1. The van der Waals surface area contributed by atoms with Crippen molar-refractivity contribution in [2.45, 2.75) is 31.7 Å². The van der Waals surface area contributed by atoms with Crippen LogP contribution in [0.15, 0.2) is 27.8 Å². The number of ether oxygens (including phenoxy) is 2. The van der Waals surface area contributed by atoms with E-state index in [9.17, 15) is 4.79 Å². The molecule has 2 saturated heterocycles. The van der Waals surface area contributed by atoms with Crippen molar-refractivity contribution in [1.82, 2.24) is 20.4 Å². The predicted octanol–water partition coefficient (Wildman–Crippen LogP) is 1.31. The topological polar surface area (TPSA) is 91.6 Å². The van der Waals surface area contributed by atoms with Gasteiger partial charge in [-0.25, -0.2) is 4.79 Å². The molecule has 0 aromatic carbocycles. The second-order valence-corrected chi connectivity index (χ2v) is 7.67. The first-order valence-electron chi connectivity index (χ1n) is 10.9. The van der Waals surface area contributed by atoms with Crippen LogP contribution in [-0.4, -0.2) is 94.0 Å². The minimum atomic E-state index is -0.248. The lowest BCUT2D eigenvalue weighted by atomic mass is 10.1. The number of piperidine rings is 1. The van der Waals surface area contributed by atoms with Crippen molar-refractivity contribution in [2.24, 2.45) is 4.99 Å². The number of nitrogens with zero attached hydrogens (tertiary/aromatic N) is 3. The second-order valence-electron chi connectivity index (χ2n) is 7.67. The molecule has 2 aliphatic heterocycles. The molecule has 2 aliphatic rings. The number of amides is 1. The van der Waals surface area contributed by atoms with Gasteiger partial charge in [0.2, 0.25) is 0 Å². The van der Waals surface area contributed by atoms with Gasteiger partial charge in [0.05, 0.1) is 26.6 Å². The molecule has 0 spiro atoms. The molecular weight excluding hydrogens is 386 g/mol. The summed E-state index contributed by atoms with van der Waals surface area (Å²) in [5.41, 5.74) is 0. The minimum Gasteiger partial charge on any atom is -0.469 e. The van der Waals surface area contributed by atoms with Crippen molar-refractivity contribution in [3.63, 3.8) is 0 Å². The normalized spacial score (nSPS) is 19.0. The van der Waals surface area contributed by atoms with Gasteiger partial charge in [-0.15, -0.1) is 0 Å². The molecule has 0 atom stereocenters. The smallest absolute Gasteiger partial charge is 0.409 e. The summed E-state index contributed by atoms with van der Waals surface area (Å²) in [6.07, 6.45) is 5.03. The van der Waals surface area contributed by atoms with E-state index in [1.807, 2.05) is 12.1 Å². The number of furan rings is 1. The number of nitrogens with one attached hydrogen (secondary N) is 2. The summed E-state index contributed by atoms with van der Waals surface area (Å²) in [5.74, 6) is 1.79. The Morgan fingerprint density at radius 2 is 2.07 bits per heavy atom. The van der Waals surface area contributed by atoms with Crippen LogP contribution in [0, 0.1) is 0 Å². The van der Waals surface area contributed by atoms with Crippen molar-refractivity contribution in [3.05, 3.63) is 24.2 Å². The maximum atomic E-state index is 11.7. The highest BCUT2D eigenvalue weighted by Gasteiger charge is 2.23. The zero-order valence-electron chi connectivity index (χ0n) is 18.0. The number of guanidine groups is 1. The average Bonchev–Trinajstić information content (AvgIpc) is 3.31. The first kappa shape index (κ1) is 22.4. The minimum absolute atomic E-state index is 0.248. The predicted molar refractivity (Wildman–Crippen MR) is 115 cm³/mol. The number of rotatable bonds is 8. The Morgan fingerprint density at radius 3 is 2.77 bits per heavy atom. The molecule has 1 aromatic heterocycles. The summed E-state index contributed by atoms with van der Waals surface area (Å²) in [4.78, 5) is 20.7. The molecule has 9 heteroatoms. The fourth-order valence-electron chi connectivity index (χ4n) is 3.75. The molecule has 1 amide bonds. The highest BCUT2D eigenvalue weighted by molar-refractivity contribution is 5.80. The molecule has 0 aliphatic carbocycles. The quantitative estimate of drug-likeness (QED) is 0.371. The molecular formula is C21H35N5O4. The van der Waals surface area contributed by atoms with Gasteiger partial charge in [0.1, 0.15) is 5.76 Å². The molecule has 1 aromatic rings. The molecule has 0 bridgehead atoms. The average molecular weight is 422 g/mol. The molecule has 168 valence electrons. The van der Waals surface area contributed by atoms with Crippen LogP contribution in [-0.2, 0) is 15.9 Å². The molecule has 0 radical (unpaired) electrons. The monoisotopic (exact) mass is 421 g/mol. The Kier molecular flexibility index (Phi) is 9.30. The van der Waals surface area contributed by atoms with Crippen LogP contribution in [0.2, 0.25) is 0 Å². The molecule has 0 saturated carbocycles. The van der Waals surface area contributed by atoms with Crippen molar-refractivity contribution < 1.29 is 18.7 Å². The van der Waals surface area contributed by atoms with E-state index < -0.39 is 0 Å². The lowest BCUT2D eigenvalue weighted by Gasteiger charge is -2.32. The number of carbonyl (C=O) groups excluding carboxylic acids is 1. The summed E-state index contributed by atoms with van der Waals surface area (Å²) in [6, 6.07) is 4.18. The van der Waals surface area contributed by atoms with E-state index in [4.69, 9.17) is 18.9 Å². The van der Waals surface area contributed by atoms with E-state index >= 15 is 0 Å². The van der Waals surface area contributed by atoms with Crippen molar-refractivity contribution in [2.75, 3.05) is 66.1 Å². The first-order valence-corrected chi connectivity index (χ1v) is 10.9. The SMILES string of the molecule is COC(=O)N1CCC(NC(=NCCCN2CCOCC2)NCCc2ccco2)CC1. The number of aliphatic imine (C=N–C) groups is 1. The summed E-state index contributed by atoms with van der Waals surface area (Å²) in [6.45, 7) is 7.64. The third-order valence-electron chi connectivity index (χ3n) is 5.52. The number of hydrogen-bond acceptors (Lipinski definition) is 6. The lowest BCUT2D eigenvalue weighted by Crippen LogP contribution is -2.50. The molecule has 2 fully saturated rings. The first-order chi connectivity index (χ1) is 14.7. The van der Waals surface area contributed by atoms with Crippen LogP contribution in [0.25, 0.3) is 0 Å². The Morgan fingerprint density at radius 1 is 1.27 bits per heavy atom. The number of likely N-dealkylation sites (tertiary alicyclic amines) is 1. The summed E-state index contributed by atoms with van der Waals surface area (Å²) in [5, 5.41) is 6.98. The standard InChI is InChI=1S/C21H35N5O4/c1-28-21(27)26-11-6-18(7-12-26)24-20(23-9-5-19-4-2-15-30-19)22-8-3-10-25-13-16-29-17-14-25/h2,4,15,18H,3,5-14,16-17H2,1H3,(H2,22,23,24). The highest BCUT2D eigenvalue weighted by Crippen LogP contribution is 2.11. The van der Waals surface area contributed by atoms with Crippen LogP contribution >= 0.6 is 0 Å². The van der Waals surface area contributed by atoms with Crippen LogP contribution in [0.1, 0.15) is 25.0 Å². The van der Waals surface area contributed by atoms with E-state index in [-0.39, 0.29) is 6.09 Å². The molecule has 3 heterocycles. The van der Waals surface area contributed by atoms with Gasteiger partial charge in [-0.2, -0.15) is 0 Å². The van der Waals surface area contributed by atoms with Crippen LogP contribution in [0.4, 0.5) is 4.79 Å². The summed E-state index contributed by atoms with van der Waals surface area (Å²) >= 11 is 0. The van der Waals surface area contributed by atoms with E-state index in [1.165, 1.54) is 7.11 Å². The molecule has 30 heavy (non-hydrogen) atoms. The van der Waals surface area contributed by atoms with Gasteiger partial charge in [0.15, 0.2) is 5.96 Å². The van der Waals surface area contributed by atoms with Gasteiger partial charge >= 0.3 is 6.09 Å². The number of carbonyl (C=O) groups is 1.